The Labute approximate surface area is 195 Å². The standard InChI is InChI=1S/C24H35N3O5S/c1-2-27-21-11-10-20(17-22(21)32-24(27)29)33(30,31)26-14-12-18(13-15-26)16-23(28)25-19-8-6-4-3-5-7-9-19/h10-11,17-19H,2-9,12-16H2,1H3,(H,25,28). The molecular formula is C24H35N3O5S. The van der Waals surface area contributed by atoms with Gasteiger partial charge in [-0.2, -0.15) is 4.31 Å². The zero-order valence-corrected chi connectivity index (χ0v) is 20.2. The molecule has 4 rings (SSSR count). The third-order valence-corrected chi connectivity index (χ3v) is 9.01. The number of aryl methyl sites for hydroxylation is 1. The first-order valence-corrected chi connectivity index (χ1v) is 13.8. The number of amides is 1. The number of rotatable bonds is 6. The summed E-state index contributed by atoms with van der Waals surface area (Å²) in [5.74, 6) is -0.188. The van der Waals surface area contributed by atoms with Crippen LogP contribution in [-0.2, 0) is 21.4 Å². The highest BCUT2D eigenvalue weighted by Crippen LogP contribution is 2.27. The van der Waals surface area contributed by atoms with Gasteiger partial charge in [0, 0.05) is 38.2 Å². The summed E-state index contributed by atoms with van der Waals surface area (Å²) in [6.07, 6.45) is 10.1. The number of oxazole rings is 1. The Bertz CT molecular complexity index is 1120. The van der Waals surface area contributed by atoms with Crippen LogP contribution in [0.4, 0.5) is 0 Å². The van der Waals surface area contributed by atoms with Crippen LogP contribution in [0.15, 0.2) is 32.3 Å². The van der Waals surface area contributed by atoms with Crippen LogP contribution < -0.4 is 11.1 Å². The average molecular weight is 478 g/mol. The normalized spacial score (nSPS) is 19.9. The maximum Gasteiger partial charge on any atom is 0.419 e. The van der Waals surface area contributed by atoms with Crippen LogP contribution in [0.5, 0.6) is 0 Å². The maximum absolute atomic E-state index is 13.2. The number of aromatic nitrogens is 1. The van der Waals surface area contributed by atoms with Crippen molar-refractivity contribution in [3.05, 3.63) is 28.7 Å². The largest absolute Gasteiger partial charge is 0.419 e. The predicted molar refractivity (Wildman–Crippen MR) is 126 cm³/mol. The van der Waals surface area contributed by atoms with Gasteiger partial charge in [0.05, 0.1) is 10.4 Å². The Morgan fingerprint density at radius 3 is 2.39 bits per heavy atom. The number of nitrogens with zero attached hydrogens (tertiary/aromatic N) is 2. The maximum atomic E-state index is 13.2. The molecule has 1 N–H and O–H groups in total. The number of hydrogen-bond acceptors (Lipinski definition) is 5. The number of piperidine rings is 1. The lowest BCUT2D eigenvalue weighted by atomic mass is 9.93. The fourth-order valence-electron chi connectivity index (χ4n) is 5.16. The summed E-state index contributed by atoms with van der Waals surface area (Å²) in [7, 11) is -3.68. The highest BCUT2D eigenvalue weighted by Gasteiger charge is 2.31. The second kappa shape index (κ2) is 10.4. The molecule has 182 valence electrons. The molecule has 1 aliphatic carbocycles. The second-order valence-corrected chi connectivity index (χ2v) is 11.3. The molecular weight excluding hydrogens is 442 g/mol. The molecule has 0 bridgehead atoms. The fourth-order valence-corrected chi connectivity index (χ4v) is 6.64. The number of carbonyl (C=O) groups is 1. The van der Waals surface area contributed by atoms with Gasteiger partial charge in [-0.25, -0.2) is 13.2 Å². The molecule has 1 aromatic heterocycles. The minimum absolute atomic E-state index is 0.0998. The van der Waals surface area contributed by atoms with Crippen molar-refractivity contribution in [2.75, 3.05) is 13.1 Å². The Morgan fingerprint density at radius 2 is 1.73 bits per heavy atom. The number of sulfonamides is 1. The van der Waals surface area contributed by atoms with Gasteiger partial charge in [0.2, 0.25) is 15.9 Å². The number of fused-ring (bicyclic) bond motifs is 1. The third-order valence-electron chi connectivity index (χ3n) is 7.11. The molecule has 2 aliphatic rings. The minimum Gasteiger partial charge on any atom is -0.408 e. The first-order chi connectivity index (χ1) is 15.9. The lowest BCUT2D eigenvalue weighted by Crippen LogP contribution is -2.41. The zero-order valence-electron chi connectivity index (χ0n) is 19.4. The Hall–Kier alpha value is -2.13. The van der Waals surface area contributed by atoms with Gasteiger partial charge in [0.25, 0.3) is 0 Å². The van der Waals surface area contributed by atoms with E-state index in [1.54, 1.807) is 6.07 Å². The van der Waals surface area contributed by atoms with Gasteiger partial charge in [-0.05, 0) is 50.7 Å². The molecule has 2 fully saturated rings. The van der Waals surface area contributed by atoms with Crippen molar-refractivity contribution in [1.82, 2.24) is 14.2 Å². The summed E-state index contributed by atoms with van der Waals surface area (Å²) in [6.45, 7) is 3.08. The molecule has 1 amide bonds. The van der Waals surface area contributed by atoms with E-state index in [-0.39, 0.29) is 28.3 Å². The van der Waals surface area contributed by atoms with Gasteiger partial charge in [-0.3, -0.25) is 9.36 Å². The van der Waals surface area contributed by atoms with Gasteiger partial charge in [-0.15, -0.1) is 0 Å². The molecule has 9 heteroatoms. The summed E-state index contributed by atoms with van der Waals surface area (Å²) in [5, 5.41) is 3.22. The van der Waals surface area contributed by atoms with Crippen molar-refractivity contribution in [2.45, 2.75) is 88.6 Å². The van der Waals surface area contributed by atoms with Crippen molar-refractivity contribution in [3.8, 4) is 0 Å². The van der Waals surface area contributed by atoms with Crippen molar-refractivity contribution in [3.63, 3.8) is 0 Å². The Morgan fingerprint density at radius 1 is 1.06 bits per heavy atom. The van der Waals surface area contributed by atoms with E-state index in [1.807, 2.05) is 6.92 Å². The predicted octanol–water partition coefficient (Wildman–Crippen LogP) is 3.63. The Kier molecular flexibility index (Phi) is 7.58. The second-order valence-electron chi connectivity index (χ2n) is 9.40. The molecule has 0 spiro atoms. The van der Waals surface area contributed by atoms with Crippen molar-refractivity contribution in [2.24, 2.45) is 5.92 Å². The molecule has 1 aromatic carbocycles. The molecule has 2 heterocycles. The quantitative estimate of drug-likeness (QED) is 0.685. The van der Waals surface area contributed by atoms with Gasteiger partial charge in [-0.1, -0.05) is 32.1 Å². The van der Waals surface area contributed by atoms with E-state index in [1.165, 1.54) is 53.1 Å². The lowest BCUT2D eigenvalue weighted by Gasteiger charge is -2.31. The van der Waals surface area contributed by atoms with Gasteiger partial charge in [0.1, 0.15) is 0 Å². The average Bonchev–Trinajstić information content (AvgIpc) is 3.10. The van der Waals surface area contributed by atoms with Gasteiger partial charge >= 0.3 is 5.76 Å². The van der Waals surface area contributed by atoms with Crippen LogP contribution in [0.2, 0.25) is 0 Å². The van der Waals surface area contributed by atoms with E-state index >= 15 is 0 Å². The highest BCUT2D eigenvalue weighted by atomic mass is 32.2. The minimum atomic E-state index is -3.68. The van der Waals surface area contributed by atoms with Crippen LogP contribution in [-0.4, -0.2) is 42.3 Å². The molecule has 8 nitrogen and oxygen atoms in total. The molecule has 0 atom stereocenters. The summed E-state index contributed by atoms with van der Waals surface area (Å²) >= 11 is 0. The highest BCUT2D eigenvalue weighted by molar-refractivity contribution is 7.89. The van der Waals surface area contributed by atoms with Crippen LogP contribution >= 0.6 is 0 Å². The summed E-state index contributed by atoms with van der Waals surface area (Å²) < 4.78 is 34.5. The van der Waals surface area contributed by atoms with Crippen LogP contribution in [0.1, 0.15) is 71.1 Å². The SMILES string of the molecule is CCn1c(=O)oc2cc(S(=O)(=O)N3CCC(CC(=O)NC4CCCCCCC4)CC3)ccc21. The van der Waals surface area contributed by atoms with E-state index in [2.05, 4.69) is 5.32 Å². The van der Waals surface area contributed by atoms with Crippen LogP contribution in [0.3, 0.4) is 0 Å². The summed E-state index contributed by atoms with van der Waals surface area (Å²) in [6, 6.07) is 4.89. The van der Waals surface area contributed by atoms with Gasteiger partial charge < -0.3 is 9.73 Å². The fraction of sp³-hybridized carbons (Fsp3) is 0.667. The van der Waals surface area contributed by atoms with E-state index in [0.29, 0.717) is 44.4 Å². The monoisotopic (exact) mass is 477 g/mol. The molecule has 1 saturated heterocycles. The number of benzene rings is 1. The summed E-state index contributed by atoms with van der Waals surface area (Å²) in [5.41, 5.74) is 0.874. The number of hydrogen-bond donors (Lipinski definition) is 1. The van der Waals surface area contributed by atoms with E-state index in [9.17, 15) is 18.0 Å². The lowest BCUT2D eigenvalue weighted by molar-refractivity contribution is -0.123. The van der Waals surface area contributed by atoms with E-state index in [0.717, 1.165) is 12.8 Å². The molecule has 1 saturated carbocycles. The molecule has 0 radical (unpaired) electrons. The smallest absolute Gasteiger partial charge is 0.408 e. The molecule has 33 heavy (non-hydrogen) atoms. The molecule has 0 unspecified atom stereocenters. The summed E-state index contributed by atoms with van der Waals surface area (Å²) in [4.78, 5) is 24.6. The topological polar surface area (TPSA) is 102 Å². The van der Waals surface area contributed by atoms with Crippen molar-refractivity contribution >= 4 is 27.0 Å². The third kappa shape index (κ3) is 5.51. The number of carbonyl (C=O) groups excluding carboxylic acids is 1. The van der Waals surface area contributed by atoms with Crippen LogP contribution in [0.25, 0.3) is 11.1 Å². The van der Waals surface area contributed by atoms with Crippen LogP contribution in [0, 0.1) is 5.92 Å². The first-order valence-electron chi connectivity index (χ1n) is 12.3. The van der Waals surface area contributed by atoms with Gasteiger partial charge in [0.15, 0.2) is 5.58 Å². The van der Waals surface area contributed by atoms with E-state index in [4.69, 9.17) is 4.42 Å². The molecule has 1 aliphatic heterocycles. The van der Waals surface area contributed by atoms with E-state index < -0.39 is 15.8 Å². The van der Waals surface area contributed by atoms with Crippen molar-refractivity contribution in [1.29, 1.82) is 0 Å². The zero-order chi connectivity index (χ0) is 23.4. The Balaban J connectivity index is 1.33. The first kappa shape index (κ1) is 24.0. The molecule has 2 aromatic rings. The number of nitrogens with one attached hydrogen (secondary N) is 1. The van der Waals surface area contributed by atoms with Crippen molar-refractivity contribution < 1.29 is 17.6 Å².